The molecule has 2 nitrogen and oxygen atoms in total. The molecule has 0 fully saturated rings. The molecular weight excluding hydrogens is 372 g/mol. The van der Waals surface area contributed by atoms with Crippen LogP contribution in [0.25, 0.3) is 11.3 Å². The molecule has 0 aliphatic rings. The zero-order chi connectivity index (χ0) is 18.2. The second-order valence-electron chi connectivity index (χ2n) is 5.50. The summed E-state index contributed by atoms with van der Waals surface area (Å²) in [5, 5.41) is 5.19. The van der Waals surface area contributed by atoms with E-state index in [1.165, 1.54) is 12.1 Å². The second kappa shape index (κ2) is 6.73. The van der Waals surface area contributed by atoms with Crippen molar-refractivity contribution in [1.29, 1.82) is 0 Å². The molecule has 0 aliphatic carbocycles. The maximum absolute atomic E-state index is 12.7. The summed E-state index contributed by atoms with van der Waals surface area (Å²) >= 11 is 11.9. The van der Waals surface area contributed by atoms with Gasteiger partial charge in [-0.25, -0.2) is 0 Å². The van der Waals surface area contributed by atoms with Crippen LogP contribution < -0.4 is 0 Å². The average molecular weight is 384 g/mol. The highest BCUT2D eigenvalue weighted by Gasteiger charge is 2.30. The topological polar surface area (TPSA) is 17.8 Å². The Bertz CT molecular complexity index is 900. The van der Waals surface area contributed by atoms with Gasteiger partial charge in [-0.1, -0.05) is 41.4 Å². The van der Waals surface area contributed by atoms with Gasteiger partial charge in [0.25, 0.3) is 0 Å². The lowest BCUT2D eigenvalue weighted by Gasteiger charge is -2.10. The molecule has 7 heteroatoms. The minimum absolute atomic E-state index is 0.392. The smallest absolute Gasteiger partial charge is 0.260 e. The number of halogens is 5. The Morgan fingerprint density at radius 1 is 0.960 bits per heavy atom. The fourth-order valence-corrected chi connectivity index (χ4v) is 2.78. The van der Waals surface area contributed by atoms with Crippen LogP contribution in [0.3, 0.4) is 0 Å². The molecule has 25 heavy (non-hydrogen) atoms. The van der Waals surface area contributed by atoms with E-state index in [2.05, 4.69) is 12.0 Å². The molecule has 1 heterocycles. The van der Waals surface area contributed by atoms with Crippen LogP contribution in [0.1, 0.15) is 16.8 Å². The molecule has 2 aromatic carbocycles. The number of benzene rings is 2. The summed E-state index contributed by atoms with van der Waals surface area (Å²) in [4.78, 5) is 0. The lowest BCUT2D eigenvalue weighted by molar-refractivity contribution is -0.137. The van der Waals surface area contributed by atoms with Crippen molar-refractivity contribution in [3.8, 4) is 11.3 Å². The summed E-state index contributed by atoms with van der Waals surface area (Å²) in [7, 11) is 0. The van der Waals surface area contributed by atoms with Gasteiger partial charge < -0.3 is 0 Å². The minimum Gasteiger partial charge on any atom is -0.260 e. The van der Waals surface area contributed by atoms with Crippen LogP contribution in [-0.2, 0) is 12.7 Å². The molecule has 0 saturated heterocycles. The fourth-order valence-electron chi connectivity index (χ4n) is 2.46. The highest BCUT2D eigenvalue weighted by molar-refractivity contribution is 6.42. The summed E-state index contributed by atoms with van der Waals surface area (Å²) in [5.41, 5.74) is 1.99. The Labute approximate surface area is 152 Å². The minimum atomic E-state index is -4.36. The third kappa shape index (κ3) is 3.99. The van der Waals surface area contributed by atoms with Gasteiger partial charge in [0.2, 0.25) is 0 Å². The van der Waals surface area contributed by atoms with Gasteiger partial charge >= 0.3 is 6.18 Å². The maximum atomic E-state index is 12.7. The van der Waals surface area contributed by atoms with Gasteiger partial charge in [-0.15, -0.1) is 0 Å². The molecule has 0 atom stereocenters. The molecule has 0 bridgehead atoms. The second-order valence-corrected chi connectivity index (χ2v) is 6.32. The van der Waals surface area contributed by atoms with Gasteiger partial charge in [0.15, 0.2) is 0 Å². The van der Waals surface area contributed by atoms with Gasteiger partial charge in [0.1, 0.15) is 0 Å². The molecule has 0 amide bonds. The van der Waals surface area contributed by atoms with Gasteiger partial charge in [-0.3, -0.25) is 4.68 Å². The van der Waals surface area contributed by atoms with E-state index < -0.39 is 11.7 Å². The van der Waals surface area contributed by atoms with E-state index in [1.807, 2.05) is 6.07 Å². The van der Waals surface area contributed by atoms with Gasteiger partial charge in [0.05, 0.1) is 33.5 Å². The number of aromatic nitrogens is 2. The van der Waals surface area contributed by atoms with E-state index in [1.54, 1.807) is 22.9 Å². The van der Waals surface area contributed by atoms with Crippen LogP contribution in [-0.4, -0.2) is 9.78 Å². The van der Waals surface area contributed by atoms with Gasteiger partial charge in [-0.05, 0) is 48.4 Å². The Balaban J connectivity index is 1.94. The largest absolute Gasteiger partial charge is 0.416 e. The number of rotatable bonds is 3. The molecule has 0 spiro atoms. The first-order valence-corrected chi connectivity index (χ1v) is 8.01. The van der Waals surface area contributed by atoms with Crippen molar-refractivity contribution in [3.05, 3.63) is 82.3 Å². The highest BCUT2D eigenvalue weighted by Crippen LogP contribution is 2.31. The van der Waals surface area contributed by atoms with E-state index in [0.29, 0.717) is 33.5 Å². The molecular formula is C18H12Cl2F3N2. The van der Waals surface area contributed by atoms with E-state index in [4.69, 9.17) is 23.2 Å². The summed E-state index contributed by atoms with van der Waals surface area (Å²) < 4.78 is 39.8. The van der Waals surface area contributed by atoms with E-state index in [-0.39, 0.29) is 0 Å². The Kier molecular flexibility index (Phi) is 4.80. The van der Waals surface area contributed by atoms with Crippen LogP contribution in [0.5, 0.6) is 0 Å². The first kappa shape index (κ1) is 17.8. The molecule has 0 N–H and O–H groups in total. The van der Waals surface area contributed by atoms with Crippen LogP contribution in [0, 0.1) is 6.92 Å². The molecule has 0 aliphatic heterocycles. The maximum Gasteiger partial charge on any atom is 0.416 e. The van der Waals surface area contributed by atoms with Crippen LogP contribution in [0.15, 0.2) is 48.5 Å². The predicted octanol–water partition coefficient (Wildman–Crippen LogP) is 6.11. The molecule has 0 unspecified atom stereocenters. The molecule has 1 radical (unpaired) electrons. The van der Waals surface area contributed by atoms with Gasteiger partial charge in [0, 0.05) is 0 Å². The molecule has 129 valence electrons. The predicted molar refractivity (Wildman–Crippen MR) is 92.7 cm³/mol. The third-order valence-corrected chi connectivity index (χ3v) is 4.39. The SMILES string of the molecule is [CH2]c1cc(-c2ccc(C(F)(F)F)cc2)n(Cc2ccc(Cl)c(Cl)c2)n1. The summed E-state index contributed by atoms with van der Waals surface area (Å²) in [6.45, 7) is 4.19. The first-order chi connectivity index (χ1) is 11.7. The zero-order valence-electron chi connectivity index (χ0n) is 12.8. The lowest BCUT2D eigenvalue weighted by atomic mass is 10.1. The summed E-state index contributed by atoms with van der Waals surface area (Å²) in [6, 6.07) is 11.9. The number of hydrogen-bond donors (Lipinski definition) is 0. The van der Waals surface area contributed by atoms with E-state index >= 15 is 0 Å². The van der Waals surface area contributed by atoms with E-state index in [9.17, 15) is 13.2 Å². The normalized spacial score (nSPS) is 11.8. The van der Waals surface area contributed by atoms with Crippen molar-refractivity contribution in [2.75, 3.05) is 0 Å². The number of alkyl halides is 3. The number of nitrogens with zero attached hydrogens (tertiary/aromatic N) is 2. The summed E-state index contributed by atoms with van der Waals surface area (Å²) in [6.07, 6.45) is -4.36. The Morgan fingerprint density at radius 2 is 1.64 bits per heavy atom. The molecule has 0 saturated carbocycles. The summed E-state index contributed by atoms with van der Waals surface area (Å²) in [5.74, 6) is 0. The quantitative estimate of drug-likeness (QED) is 0.533. The van der Waals surface area contributed by atoms with Crippen molar-refractivity contribution in [2.45, 2.75) is 12.7 Å². The fraction of sp³-hybridized carbons (Fsp3) is 0.111. The average Bonchev–Trinajstić information content (AvgIpc) is 2.91. The van der Waals surface area contributed by atoms with Crippen LogP contribution in [0.2, 0.25) is 10.0 Å². The van der Waals surface area contributed by atoms with Crippen molar-refractivity contribution >= 4 is 23.2 Å². The van der Waals surface area contributed by atoms with Crippen molar-refractivity contribution in [2.24, 2.45) is 0 Å². The molecule has 1 aromatic heterocycles. The van der Waals surface area contributed by atoms with Gasteiger partial charge in [-0.2, -0.15) is 18.3 Å². The number of hydrogen-bond acceptors (Lipinski definition) is 1. The van der Waals surface area contributed by atoms with Crippen molar-refractivity contribution in [3.63, 3.8) is 0 Å². The monoisotopic (exact) mass is 383 g/mol. The Morgan fingerprint density at radius 3 is 2.24 bits per heavy atom. The first-order valence-electron chi connectivity index (χ1n) is 7.25. The molecule has 3 rings (SSSR count). The third-order valence-electron chi connectivity index (χ3n) is 3.65. The highest BCUT2D eigenvalue weighted by atomic mass is 35.5. The standard InChI is InChI=1S/C18H12Cl2F3N2/c1-11-8-17(13-3-5-14(6-4-13)18(21,22)23)25(24-11)10-12-2-7-15(19)16(20)9-12/h2-9H,1,10H2. The Hall–Kier alpha value is -1.98. The lowest BCUT2D eigenvalue weighted by Crippen LogP contribution is -2.06. The van der Waals surface area contributed by atoms with Crippen molar-refractivity contribution < 1.29 is 13.2 Å². The van der Waals surface area contributed by atoms with Crippen molar-refractivity contribution in [1.82, 2.24) is 9.78 Å². The molecule has 3 aromatic rings. The van der Waals surface area contributed by atoms with E-state index in [0.717, 1.165) is 17.7 Å². The van der Waals surface area contributed by atoms with Crippen LogP contribution in [0.4, 0.5) is 13.2 Å². The van der Waals surface area contributed by atoms with Crippen LogP contribution >= 0.6 is 23.2 Å². The zero-order valence-corrected chi connectivity index (χ0v) is 14.3.